The number of rotatable bonds is 3. The molecule has 2 aromatic carbocycles. The van der Waals surface area contributed by atoms with Crippen LogP contribution < -0.4 is 5.73 Å². The van der Waals surface area contributed by atoms with Crippen LogP contribution in [0.25, 0.3) is 0 Å². The van der Waals surface area contributed by atoms with E-state index in [1.165, 1.54) is 6.07 Å². The fourth-order valence-corrected chi connectivity index (χ4v) is 2.02. The number of para-hydroxylation sites is 1. The van der Waals surface area contributed by atoms with Crippen molar-refractivity contribution >= 4 is 5.69 Å². The van der Waals surface area contributed by atoms with Gasteiger partial charge in [-0.1, -0.05) is 36.4 Å². The van der Waals surface area contributed by atoms with Gasteiger partial charge in [-0.2, -0.15) is 13.2 Å². The molecule has 0 aliphatic carbocycles. The predicted octanol–water partition coefficient (Wildman–Crippen LogP) is 3.56. The average molecular weight is 281 g/mol. The Kier molecular flexibility index (Phi) is 3.99. The van der Waals surface area contributed by atoms with Crippen molar-refractivity contribution in [2.45, 2.75) is 18.7 Å². The first-order valence-electron chi connectivity index (χ1n) is 6.06. The third kappa shape index (κ3) is 3.30. The van der Waals surface area contributed by atoms with E-state index in [4.69, 9.17) is 5.73 Å². The Morgan fingerprint density at radius 1 is 1.05 bits per heavy atom. The van der Waals surface area contributed by atoms with Crippen molar-refractivity contribution in [3.8, 4) is 0 Å². The molecule has 1 unspecified atom stereocenters. The smallest absolute Gasteiger partial charge is 0.398 e. The summed E-state index contributed by atoms with van der Waals surface area (Å²) in [6.07, 6.45) is -5.23. The molecular weight excluding hydrogens is 267 g/mol. The van der Waals surface area contributed by atoms with E-state index in [1.54, 1.807) is 30.3 Å². The molecule has 2 rings (SSSR count). The van der Waals surface area contributed by atoms with Gasteiger partial charge in [0.15, 0.2) is 0 Å². The first-order valence-corrected chi connectivity index (χ1v) is 6.06. The van der Waals surface area contributed by atoms with E-state index in [0.717, 1.165) is 12.1 Å². The van der Waals surface area contributed by atoms with Crippen LogP contribution in [-0.2, 0) is 12.6 Å². The van der Waals surface area contributed by atoms with Crippen LogP contribution in [0.2, 0.25) is 0 Å². The van der Waals surface area contributed by atoms with Crippen LogP contribution >= 0.6 is 0 Å². The van der Waals surface area contributed by atoms with Gasteiger partial charge in [-0.05, 0) is 17.7 Å². The zero-order chi connectivity index (χ0) is 14.8. The minimum Gasteiger partial charge on any atom is -0.398 e. The molecule has 0 bridgehead atoms. The number of nitrogens with two attached hydrogens (primary N) is 1. The summed E-state index contributed by atoms with van der Waals surface area (Å²) in [5.41, 5.74) is 6.37. The number of nitrogen functional groups attached to an aromatic ring is 1. The van der Waals surface area contributed by atoms with Gasteiger partial charge in [0.2, 0.25) is 0 Å². The molecule has 2 aromatic rings. The molecule has 0 aliphatic rings. The molecule has 0 spiro atoms. The SMILES string of the molecule is Nc1ccccc1C(O)Cc1cccc(C(F)(F)F)c1. The minimum absolute atomic E-state index is 0.0815. The molecule has 0 heterocycles. The third-order valence-corrected chi connectivity index (χ3v) is 3.04. The minimum atomic E-state index is -4.38. The monoisotopic (exact) mass is 281 g/mol. The molecule has 106 valence electrons. The Bertz CT molecular complexity index is 596. The summed E-state index contributed by atoms with van der Waals surface area (Å²) in [7, 11) is 0. The van der Waals surface area contributed by atoms with Gasteiger partial charge in [0.05, 0.1) is 11.7 Å². The van der Waals surface area contributed by atoms with Crippen LogP contribution in [-0.4, -0.2) is 5.11 Å². The normalized spacial score (nSPS) is 13.2. The van der Waals surface area contributed by atoms with Gasteiger partial charge < -0.3 is 10.8 Å². The van der Waals surface area contributed by atoms with Crippen LogP contribution in [0.4, 0.5) is 18.9 Å². The summed E-state index contributed by atoms with van der Waals surface area (Å²) in [5.74, 6) is 0. The number of aliphatic hydroxyl groups excluding tert-OH is 1. The van der Waals surface area contributed by atoms with Gasteiger partial charge in [-0.3, -0.25) is 0 Å². The van der Waals surface area contributed by atoms with E-state index in [0.29, 0.717) is 16.8 Å². The van der Waals surface area contributed by atoms with Gasteiger partial charge in [0.1, 0.15) is 0 Å². The van der Waals surface area contributed by atoms with E-state index >= 15 is 0 Å². The number of halogens is 3. The number of alkyl halides is 3. The molecule has 1 atom stereocenters. The predicted molar refractivity (Wildman–Crippen MR) is 71.0 cm³/mol. The van der Waals surface area contributed by atoms with Crippen LogP contribution in [0.1, 0.15) is 22.8 Å². The lowest BCUT2D eigenvalue weighted by Gasteiger charge is -2.14. The highest BCUT2D eigenvalue weighted by atomic mass is 19.4. The summed E-state index contributed by atoms with van der Waals surface area (Å²) in [6.45, 7) is 0. The van der Waals surface area contributed by atoms with Crippen molar-refractivity contribution in [2.24, 2.45) is 0 Å². The summed E-state index contributed by atoms with van der Waals surface area (Å²) in [6, 6.07) is 11.7. The van der Waals surface area contributed by atoms with Crippen LogP contribution in [0.15, 0.2) is 48.5 Å². The molecular formula is C15H14F3NO. The van der Waals surface area contributed by atoms with Crippen LogP contribution in [0.3, 0.4) is 0 Å². The molecule has 20 heavy (non-hydrogen) atoms. The van der Waals surface area contributed by atoms with Gasteiger partial charge in [-0.25, -0.2) is 0 Å². The number of anilines is 1. The second kappa shape index (κ2) is 5.54. The first kappa shape index (κ1) is 14.4. The van der Waals surface area contributed by atoms with Gasteiger partial charge in [0.25, 0.3) is 0 Å². The van der Waals surface area contributed by atoms with Crippen LogP contribution in [0.5, 0.6) is 0 Å². The lowest BCUT2D eigenvalue weighted by molar-refractivity contribution is -0.137. The largest absolute Gasteiger partial charge is 0.416 e. The zero-order valence-electron chi connectivity index (χ0n) is 10.6. The Hall–Kier alpha value is -2.01. The fraction of sp³-hybridized carbons (Fsp3) is 0.200. The third-order valence-electron chi connectivity index (χ3n) is 3.04. The maximum atomic E-state index is 12.6. The lowest BCUT2D eigenvalue weighted by Crippen LogP contribution is -2.08. The lowest BCUT2D eigenvalue weighted by atomic mass is 9.99. The standard InChI is InChI=1S/C15H14F3NO/c16-15(17,18)11-5-3-4-10(8-11)9-14(20)12-6-1-2-7-13(12)19/h1-8,14,20H,9,19H2. The zero-order valence-corrected chi connectivity index (χ0v) is 10.6. The molecule has 0 amide bonds. The van der Waals surface area contributed by atoms with Gasteiger partial charge in [-0.15, -0.1) is 0 Å². The van der Waals surface area contributed by atoms with Crippen LogP contribution in [0, 0.1) is 0 Å². The molecule has 3 N–H and O–H groups in total. The van der Waals surface area contributed by atoms with Crippen molar-refractivity contribution in [1.29, 1.82) is 0 Å². The van der Waals surface area contributed by atoms with Gasteiger partial charge >= 0.3 is 6.18 Å². The summed E-state index contributed by atoms with van der Waals surface area (Å²) in [5, 5.41) is 10.1. The highest BCUT2D eigenvalue weighted by molar-refractivity contribution is 5.48. The summed E-state index contributed by atoms with van der Waals surface area (Å²) < 4.78 is 37.8. The fourth-order valence-electron chi connectivity index (χ4n) is 2.02. The summed E-state index contributed by atoms with van der Waals surface area (Å²) in [4.78, 5) is 0. The Balaban J connectivity index is 2.20. The van der Waals surface area contributed by atoms with Gasteiger partial charge in [0, 0.05) is 17.7 Å². The van der Waals surface area contributed by atoms with Crippen molar-refractivity contribution in [1.82, 2.24) is 0 Å². The molecule has 0 radical (unpaired) electrons. The molecule has 0 saturated heterocycles. The first-order chi connectivity index (χ1) is 9.38. The van der Waals surface area contributed by atoms with Crippen molar-refractivity contribution in [3.05, 3.63) is 65.2 Å². The second-order valence-electron chi connectivity index (χ2n) is 4.55. The van der Waals surface area contributed by atoms with E-state index in [1.807, 2.05) is 0 Å². The van der Waals surface area contributed by atoms with Crippen molar-refractivity contribution in [3.63, 3.8) is 0 Å². The topological polar surface area (TPSA) is 46.2 Å². The molecule has 0 aliphatic heterocycles. The maximum Gasteiger partial charge on any atom is 0.416 e. The average Bonchev–Trinajstić information content (AvgIpc) is 2.38. The molecule has 0 fully saturated rings. The van der Waals surface area contributed by atoms with E-state index in [-0.39, 0.29) is 6.42 Å². The highest BCUT2D eigenvalue weighted by Gasteiger charge is 2.30. The van der Waals surface area contributed by atoms with Crippen molar-refractivity contribution < 1.29 is 18.3 Å². The van der Waals surface area contributed by atoms with E-state index in [9.17, 15) is 18.3 Å². The maximum absolute atomic E-state index is 12.6. The molecule has 5 heteroatoms. The Labute approximate surface area is 114 Å². The van der Waals surface area contributed by atoms with Crippen molar-refractivity contribution in [2.75, 3.05) is 5.73 Å². The molecule has 0 saturated carbocycles. The Morgan fingerprint density at radius 3 is 2.40 bits per heavy atom. The highest BCUT2D eigenvalue weighted by Crippen LogP contribution is 2.31. The van der Waals surface area contributed by atoms with E-state index in [2.05, 4.69) is 0 Å². The number of hydrogen-bond donors (Lipinski definition) is 2. The Morgan fingerprint density at radius 2 is 1.75 bits per heavy atom. The number of aliphatic hydroxyl groups is 1. The summed E-state index contributed by atoms with van der Waals surface area (Å²) >= 11 is 0. The number of benzene rings is 2. The number of hydrogen-bond acceptors (Lipinski definition) is 2. The second-order valence-corrected chi connectivity index (χ2v) is 4.55. The molecule has 0 aromatic heterocycles. The van der Waals surface area contributed by atoms with E-state index < -0.39 is 17.8 Å². The molecule has 2 nitrogen and oxygen atoms in total. The quantitative estimate of drug-likeness (QED) is 0.845.